The number of aromatic nitrogens is 2. The lowest BCUT2D eigenvalue weighted by Gasteiger charge is -1.90. The molecule has 1 saturated heterocycles. The molecule has 1 aromatic rings. The van der Waals surface area contributed by atoms with Crippen molar-refractivity contribution in [2.24, 2.45) is 0 Å². The highest BCUT2D eigenvalue weighted by Gasteiger charge is 2.23. The molecule has 0 spiro atoms. The Bertz CT molecular complexity index is 240. The van der Waals surface area contributed by atoms with Crippen LogP contribution in [0.1, 0.15) is 12.6 Å². The minimum Gasteiger partial charge on any atom is -0.373 e. The lowest BCUT2D eigenvalue weighted by atomic mass is 10.3. The molecule has 1 unspecified atom stereocenters. The summed E-state index contributed by atoms with van der Waals surface area (Å²) in [6.45, 7) is 4.02. The van der Waals surface area contributed by atoms with Crippen LogP contribution < -0.4 is 0 Å². The first kappa shape index (κ1) is 6.85. The van der Waals surface area contributed by atoms with E-state index >= 15 is 0 Å². The highest BCUT2D eigenvalue weighted by molar-refractivity contribution is 5.00. The normalized spacial score (nSPS) is 22.1. The summed E-state index contributed by atoms with van der Waals surface area (Å²) in [6.07, 6.45) is 5.39. The smallest absolute Gasteiger partial charge is 0.0949 e. The number of nitrogens with zero attached hydrogens (tertiary/aromatic N) is 2. The van der Waals surface area contributed by atoms with Crippen molar-refractivity contribution >= 4 is 0 Å². The van der Waals surface area contributed by atoms with Gasteiger partial charge in [-0.2, -0.15) is 0 Å². The van der Waals surface area contributed by atoms with E-state index in [1.165, 1.54) is 0 Å². The Labute approximate surface area is 66.0 Å². The Kier molecular flexibility index (Phi) is 1.66. The van der Waals surface area contributed by atoms with Crippen molar-refractivity contribution in [3.63, 3.8) is 0 Å². The SMILES string of the molecule is CCn1cnc(CC2CO2)c1. The van der Waals surface area contributed by atoms with Gasteiger partial charge in [-0.15, -0.1) is 0 Å². The van der Waals surface area contributed by atoms with E-state index in [2.05, 4.69) is 22.7 Å². The third-order valence-electron chi connectivity index (χ3n) is 1.89. The van der Waals surface area contributed by atoms with Gasteiger partial charge in [-0.3, -0.25) is 0 Å². The van der Waals surface area contributed by atoms with Crippen LogP contribution in [0.25, 0.3) is 0 Å². The molecule has 1 aliphatic heterocycles. The number of rotatable bonds is 3. The van der Waals surface area contributed by atoms with E-state index in [0.717, 1.165) is 25.3 Å². The molecule has 60 valence electrons. The van der Waals surface area contributed by atoms with Crippen LogP contribution in [0.2, 0.25) is 0 Å². The Morgan fingerprint density at radius 2 is 2.64 bits per heavy atom. The molecule has 3 heteroatoms. The average Bonchev–Trinajstić information content (AvgIpc) is 2.68. The summed E-state index contributed by atoms with van der Waals surface area (Å²) in [5.41, 5.74) is 1.15. The number of hydrogen-bond donors (Lipinski definition) is 0. The van der Waals surface area contributed by atoms with E-state index in [-0.39, 0.29) is 0 Å². The third-order valence-corrected chi connectivity index (χ3v) is 1.89. The molecule has 1 atom stereocenters. The molecule has 0 radical (unpaired) electrons. The molecular weight excluding hydrogens is 140 g/mol. The lowest BCUT2D eigenvalue weighted by molar-refractivity contribution is 0.406. The molecule has 0 saturated carbocycles. The number of epoxide rings is 1. The van der Waals surface area contributed by atoms with Crippen molar-refractivity contribution in [3.8, 4) is 0 Å². The van der Waals surface area contributed by atoms with Gasteiger partial charge in [-0.05, 0) is 6.92 Å². The Morgan fingerprint density at radius 3 is 3.18 bits per heavy atom. The van der Waals surface area contributed by atoms with Crippen LogP contribution in [-0.2, 0) is 17.7 Å². The van der Waals surface area contributed by atoms with E-state index < -0.39 is 0 Å². The number of hydrogen-bond acceptors (Lipinski definition) is 2. The van der Waals surface area contributed by atoms with E-state index in [0.29, 0.717) is 6.10 Å². The fourth-order valence-corrected chi connectivity index (χ4v) is 1.10. The van der Waals surface area contributed by atoms with Crippen LogP contribution in [0.15, 0.2) is 12.5 Å². The molecule has 0 bridgehead atoms. The van der Waals surface area contributed by atoms with Gasteiger partial charge in [0.05, 0.1) is 24.7 Å². The van der Waals surface area contributed by atoms with Crippen molar-refractivity contribution in [2.45, 2.75) is 26.0 Å². The summed E-state index contributed by atoms with van der Waals surface area (Å²) >= 11 is 0. The van der Waals surface area contributed by atoms with E-state index in [9.17, 15) is 0 Å². The van der Waals surface area contributed by atoms with Gasteiger partial charge in [0.2, 0.25) is 0 Å². The molecule has 0 aliphatic carbocycles. The molecule has 0 aromatic carbocycles. The highest BCUT2D eigenvalue weighted by Crippen LogP contribution is 2.14. The zero-order chi connectivity index (χ0) is 7.68. The van der Waals surface area contributed by atoms with Crippen molar-refractivity contribution in [1.29, 1.82) is 0 Å². The zero-order valence-corrected chi connectivity index (χ0v) is 6.66. The molecule has 2 heterocycles. The first-order valence-corrected chi connectivity index (χ1v) is 4.00. The van der Waals surface area contributed by atoms with E-state index in [4.69, 9.17) is 4.74 Å². The average molecular weight is 152 g/mol. The Balaban J connectivity index is 1.99. The van der Waals surface area contributed by atoms with Crippen LogP contribution in [0.5, 0.6) is 0 Å². The Hall–Kier alpha value is -0.830. The summed E-state index contributed by atoms with van der Waals surface area (Å²) in [4.78, 5) is 4.25. The summed E-state index contributed by atoms with van der Waals surface area (Å²) in [6, 6.07) is 0. The van der Waals surface area contributed by atoms with Gasteiger partial charge in [0, 0.05) is 19.2 Å². The molecule has 11 heavy (non-hydrogen) atoms. The monoisotopic (exact) mass is 152 g/mol. The van der Waals surface area contributed by atoms with Crippen molar-refractivity contribution in [1.82, 2.24) is 9.55 Å². The molecule has 1 fully saturated rings. The van der Waals surface area contributed by atoms with Gasteiger partial charge in [-0.1, -0.05) is 0 Å². The maximum atomic E-state index is 5.11. The second kappa shape index (κ2) is 2.66. The topological polar surface area (TPSA) is 30.4 Å². The quantitative estimate of drug-likeness (QED) is 0.601. The fraction of sp³-hybridized carbons (Fsp3) is 0.625. The van der Waals surface area contributed by atoms with Gasteiger partial charge < -0.3 is 9.30 Å². The van der Waals surface area contributed by atoms with Crippen LogP contribution in [0.4, 0.5) is 0 Å². The maximum Gasteiger partial charge on any atom is 0.0949 e. The molecule has 3 nitrogen and oxygen atoms in total. The van der Waals surface area contributed by atoms with Crippen molar-refractivity contribution in [3.05, 3.63) is 18.2 Å². The van der Waals surface area contributed by atoms with Crippen LogP contribution >= 0.6 is 0 Å². The fourth-order valence-electron chi connectivity index (χ4n) is 1.10. The molecule has 1 aromatic heterocycles. The molecule has 0 amide bonds. The van der Waals surface area contributed by atoms with Crippen LogP contribution in [0.3, 0.4) is 0 Å². The summed E-state index contributed by atoms with van der Waals surface area (Å²) in [5.74, 6) is 0. The zero-order valence-electron chi connectivity index (χ0n) is 6.66. The second-order valence-corrected chi connectivity index (χ2v) is 2.85. The van der Waals surface area contributed by atoms with Gasteiger partial charge in [0.1, 0.15) is 0 Å². The minimum atomic E-state index is 0.454. The van der Waals surface area contributed by atoms with E-state index in [1.807, 2.05) is 6.33 Å². The van der Waals surface area contributed by atoms with Crippen molar-refractivity contribution in [2.75, 3.05) is 6.61 Å². The number of aryl methyl sites for hydroxylation is 1. The number of ether oxygens (including phenoxy) is 1. The number of imidazole rings is 1. The summed E-state index contributed by atoms with van der Waals surface area (Å²) in [7, 11) is 0. The Morgan fingerprint density at radius 1 is 1.82 bits per heavy atom. The first-order chi connectivity index (χ1) is 5.38. The lowest BCUT2D eigenvalue weighted by Crippen LogP contribution is -1.93. The first-order valence-electron chi connectivity index (χ1n) is 4.00. The van der Waals surface area contributed by atoms with Crippen molar-refractivity contribution < 1.29 is 4.74 Å². The largest absolute Gasteiger partial charge is 0.373 e. The van der Waals surface area contributed by atoms with Crippen LogP contribution in [-0.4, -0.2) is 22.3 Å². The minimum absolute atomic E-state index is 0.454. The predicted molar refractivity (Wildman–Crippen MR) is 41.3 cm³/mol. The van der Waals surface area contributed by atoms with Gasteiger partial charge in [0.25, 0.3) is 0 Å². The third kappa shape index (κ3) is 1.60. The summed E-state index contributed by atoms with van der Waals surface area (Å²) < 4.78 is 7.19. The molecule has 2 rings (SSSR count). The van der Waals surface area contributed by atoms with Crippen LogP contribution in [0, 0.1) is 0 Å². The molecular formula is C8H12N2O. The predicted octanol–water partition coefficient (Wildman–Crippen LogP) is 0.844. The second-order valence-electron chi connectivity index (χ2n) is 2.85. The van der Waals surface area contributed by atoms with Gasteiger partial charge >= 0.3 is 0 Å². The molecule has 1 aliphatic rings. The van der Waals surface area contributed by atoms with Gasteiger partial charge in [0.15, 0.2) is 0 Å². The van der Waals surface area contributed by atoms with Gasteiger partial charge in [-0.25, -0.2) is 4.98 Å². The standard InChI is InChI=1S/C8H12N2O/c1-2-10-4-7(9-6-10)3-8-5-11-8/h4,6,8H,2-3,5H2,1H3. The molecule has 0 N–H and O–H groups in total. The highest BCUT2D eigenvalue weighted by atomic mass is 16.6. The maximum absolute atomic E-state index is 5.11. The summed E-state index contributed by atoms with van der Waals surface area (Å²) in [5, 5.41) is 0. The van der Waals surface area contributed by atoms with E-state index in [1.54, 1.807) is 0 Å².